The van der Waals surface area contributed by atoms with Crippen LogP contribution in [0.2, 0.25) is 0 Å². The fourth-order valence-electron chi connectivity index (χ4n) is 4.97. The molecule has 11 heteroatoms. The molecule has 2 aromatic heterocycles. The summed E-state index contributed by atoms with van der Waals surface area (Å²) in [5, 5.41) is 10.5. The van der Waals surface area contributed by atoms with E-state index in [1.807, 2.05) is 101 Å². The lowest BCUT2D eigenvalue weighted by Gasteiger charge is -2.32. The second-order valence-electron chi connectivity index (χ2n) is 14.2. The van der Waals surface area contributed by atoms with Crippen LogP contribution in [0.5, 0.6) is 0 Å². The maximum absolute atomic E-state index is 13.2. The van der Waals surface area contributed by atoms with Gasteiger partial charge in [0.25, 0.3) is 0 Å². The highest BCUT2D eigenvalue weighted by atomic mass is 16.5. The lowest BCUT2D eigenvalue weighted by Crippen LogP contribution is -2.33. The molecule has 0 aliphatic carbocycles. The van der Waals surface area contributed by atoms with Crippen LogP contribution in [0.4, 0.5) is 0 Å². The van der Waals surface area contributed by atoms with Crippen molar-refractivity contribution in [3.63, 3.8) is 0 Å². The number of esters is 2. The molecule has 0 radical (unpaired) electrons. The highest BCUT2D eigenvalue weighted by molar-refractivity contribution is 5.87. The molecule has 2 heterocycles. The first-order valence-electron chi connectivity index (χ1n) is 18.5. The fraction of sp³-hybridized carbons (Fsp3) is 0.455. The van der Waals surface area contributed by atoms with Gasteiger partial charge in [-0.2, -0.15) is 0 Å². The van der Waals surface area contributed by atoms with Gasteiger partial charge in [0.2, 0.25) is 5.89 Å². The number of aliphatic hydroxyl groups excluding tert-OH is 1. The van der Waals surface area contributed by atoms with Crippen LogP contribution in [0.25, 0.3) is 6.08 Å². The molecule has 0 unspecified atom stereocenters. The van der Waals surface area contributed by atoms with Crippen molar-refractivity contribution in [3.05, 3.63) is 127 Å². The van der Waals surface area contributed by atoms with Gasteiger partial charge in [0.05, 0.1) is 32.0 Å². The van der Waals surface area contributed by atoms with Crippen LogP contribution in [0.15, 0.2) is 113 Å². The van der Waals surface area contributed by atoms with Crippen molar-refractivity contribution < 1.29 is 42.5 Å². The summed E-state index contributed by atoms with van der Waals surface area (Å²) >= 11 is 0. The van der Waals surface area contributed by atoms with Crippen LogP contribution in [-0.4, -0.2) is 65.6 Å². The van der Waals surface area contributed by atoms with Crippen LogP contribution in [0.3, 0.4) is 0 Å². The number of allylic oxidation sites excluding steroid dienone is 10. The third-order valence-electron chi connectivity index (χ3n) is 8.76. The number of nitrogens with zero attached hydrogens (tertiary/aromatic N) is 2. The molecule has 2 rings (SSSR count). The molecule has 0 bridgehead atoms. The molecule has 0 aliphatic rings. The topological polar surface area (TPSA) is 143 Å². The van der Waals surface area contributed by atoms with Crippen molar-refractivity contribution in [1.29, 1.82) is 0 Å². The molecule has 0 spiro atoms. The first kappa shape index (κ1) is 46.2. The number of oxazole rings is 2. The van der Waals surface area contributed by atoms with Gasteiger partial charge in [-0.1, -0.05) is 101 Å². The summed E-state index contributed by atoms with van der Waals surface area (Å²) in [5.74, 6) is -0.497. The van der Waals surface area contributed by atoms with E-state index in [1.54, 1.807) is 25.5 Å². The fourth-order valence-corrected chi connectivity index (χ4v) is 4.97. The predicted molar refractivity (Wildman–Crippen MR) is 215 cm³/mol. The Kier molecular flexibility index (Phi) is 20.5. The Balaban J connectivity index is 1.93. The number of rotatable bonds is 24. The third-order valence-corrected chi connectivity index (χ3v) is 8.76. The molecule has 0 aromatic carbocycles. The number of hydrogen-bond donors (Lipinski definition) is 1. The maximum Gasteiger partial charge on any atom is 0.360 e. The van der Waals surface area contributed by atoms with Crippen molar-refractivity contribution in [2.24, 2.45) is 10.8 Å². The van der Waals surface area contributed by atoms with Crippen LogP contribution in [0.1, 0.15) is 107 Å². The zero-order chi connectivity index (χ0) is 40.7. The quantitative estimate of drug-likeness (QED) is 0.0473. The Morgan fingerprint density at radius 3 is 2.15 bits per heavy atom. The second kappa shape index (κ2) is 24.4. The lowest BCUT2D eigenvalue weighted by molar-refractivity contribution is -0.00638. The van der Waals surface area contributed by atoms with Crippen molar-refractivity contribution >= 4 is 18.0 Å². The zero-order valence-corrected chi connectivity index (χ0v) is 33.8. The number of aromatic nitrogens is 2. The van der Waals surface area contributed by atoms with Gasteiger partial charge in [-0.15, -0.1) is 0 Å². The minimum atomic E-state index is -0.566. The van der Waals surface area contributed by atoms with E-state index in [2.05, 4.69) is 40.7 Å². The Morgan fingerprint density at radius 1 is 0.800 bits per heavy atom. The molecule has 4 atom stereocenters. The molecule has 1 N–H and O–H groups in total. The van der Waals surface area contributed by atoms with Crippen LogP contribution in [-0.2, 0) is 25.4 Å². The Labute approximate surface area is 326 Å². The molecular weight excluding hydrogens is 700 g/mol. The normalized spacial score (nSPS) is 15.5. The minimum absolute atomic E-state index is 0.0846. The smallest absolute Gasteiger partial charge is 0.360 e. The van der Waals surface area contributed by atoms with Crippen molar-refractivity contribution in [2.75, 3.05) is 14.2 Å². The van der Waals surface area contributed by atoms with Crippen LogP contribution >= 0.6 is 0 Å². The van der Waals surface area contributed by atoms with E-state index in [4.69, 9.17) is 23.0 Å². The molecule has 0 amide bonds. The minimum Gasteiger partial charge on any atom is -0.495 e. The summed E-state index contributed by atoms with van der Waals surface area (Å²) in [5.41, 5.74) is -0.384. The standard InChI is InChI=1S/C44H60N2O9/c1-10-12-27-43(4,5)37(47)24-21-29-52-33(3)22-19-20-26-39-45-36(32-53-39)42(49)55-38(44(6,7)28-13-11-2)25-18-16-14-15-17-23-34(50-8)30-40-46-35(31-54-40)41(48)51-9/h10-23,26,29,31-34,37-38,47H,24-25,27-28,30H2,1-9H3/b12-10+,13-11+,15-14-,18-16-,22-19+,23-17+,26-20-,29-21-/t33-,34-,37-,38-/m0/s1. The van der Waals surface area contributed by atoms with Gasteiger partial charge in [-0.05, 0) is 57.6 Å². The SMILES string of the molecule is C/C=C/CC(C)(C)[C@H](C\C=C/C=C\C=C\[C@@H](Cc1nc(C(=O)OC)co1)OC)OC(=O)c1coc(/C=C\C=C\[C@H](C)O/C=C\C[C@H](O)C(C)(C)C/C=C/C)n1. The average Bonchev–Trinajstić information content (AvgIpc) is 3.85. The van der Waals surface area contributed by atoms with Gasteiger partial charge >= 0.3 is 11.9 Å². The van der Waals surface area contributed by atoms with Crippen molar-refractivity contribution in [3.8, 4) is 0 Å². The molecule has 11 nitrogen and oxygen atoms in total. The van der Waals surface area contributed by atoms with E-state index in [0.717, 1.165) is 6.42 Å². The highest BCUT2D eigenvalue weighted by Crippen LogP contribution is 2.32. The van der Waals surface area contributed by atoms with Crippen LogP contribution in [0, 0.1) is 10.8 Å². The number of methoxy groups -OCH3 is 2. The Morgan fingerprint density at radius 2 is 1.45 bits per heavy atom. The summed E-state index contributed by atoms with van der Waals surface area (Å²) in [4.78, 5) is 33.2. The van der Waals surface area contributed by atoms with Gasteiger partial charge in [0.15, 0.2) is 17.3 Å². The Bertz CT molecular complexity index is 1680. The monoisotopic (exact) mass is 760 g/mol. The Hall–Kier alpha value is -5.00. The number of carbonyl (C=O) groups is 2. The van der Waals surface area contributed by atoms with Gasteiger partial charge < -0.3 is 32.9 Å². The zero-order valence-electron chi connectivity index (χ0n) is 33.8. The predicted octanol–water partition coefficient (Wildman–Crippen LogP) is 9.52. The summed E-state index contributed by atoms with van der Waals surface area (Å²) in [7, 11) is 2.86. The van der Waals surface area contributed by atoms with Crippen molar-refractivity contribution in [2.45, 2.75) is 105 Å². The summed E-state index contributed by atoms with van der Waals surface area (Å²) in [6.07, 6.45) is 33.9. The maximum atomic E-state index is 13.2. The number of hydrogen-bond acceptors (Lipinski definition) is 11. The molecule has 0 saturated carbocycles. The van der Waals surface area contributed by atoms with Gasteiger partial charge in [0, 0.05) is 25.0 Å². The summed E-state index contributed by atoms with van der Waals surface area (Å²) in [6, 6.07) is 0. The molecule has 300 valence electrons. The number of aliphatic hydroxyl groups is 1. The van der Waals surface area contributed by atoms with Gasteiger partial charge in [0.1, 0.15) is 24.7 Å². The molecule has 0 fully saturated rings. The van der Waals surface area contributed by atoms with Crippen molar-refractivity contribution in [1.82, 2.24) is 9.97 Å². The van der Waals surface area contributed by atoms with E-state index < -0.39 is 24.1 Å². The second-order valence-corrected chi connectivity index (χ2v) is 14.2. The van der Waals surface area contributed by atoms with Crippen LogP contribution < -0.4 is 0 Å². The van der Waals surface area contributed by atoms with E-state index in [-0.39, 0.29) is 40.3 Å². The highest BCUT2D eigenvalue weighted by Gasteiger charge is 2.32. The average molecular weight is 761 g/mol. The van der Waals surface area contributed by atoms with E-state index in [9.17, 15) is 14.7 Å². The van der Waals surface area contributed by atoms with E-state index in [0.29, 0.717) is 31.6 Å². The number of carbonyl (C=O) groups excluding carboxylic acids is 2. The summed E-state index contributed by atoms with van der Waals surface area (Å²) < 4.78 is 32.7. The molecular formula is C44H60N2O9. The molecule has 55 heavy (non-hydrogen) atoms. The lowest BCUT2D eigenvalue weighted by atomic mass is 9.81. The summed E-state index contributed by atoms with van der Waals surface area (Å²) in [6.45, 7) is 14.1. The van der Waals surface area contributed by atoms with Gasteiger partial charge in [-0.25, -0.2) is 19.6 Å². The molecule has 0 saturated heterocycles. The number of ether oxygens (including phenoxy) is 4. The van der Waals surface area contributed by atoms with E-state index in [1.165, 1.54) is 19.6 Å². The third kappa shape index (κ3) is 17.3. The molecule has 0 aliphatic heterocycles. The van der Waals surface area contributed by atoms with Gasteiger partial charge in [-0.3, -0.25) is 0 Å². The first-order valence-corrected chi connectivity index (χ1v) is 18.5. The molecule has 2 aromatic rings. The van der Waals surface area contributed by atoms with E-state index >= 15 is 0 Å². The largest absolute Gasteiger partial charge is 0.495 e. The first-order chi connectivity index (χ1) is 26.3.